The van der Waals surface area contributed by atoms with Crippen LogP contribution in [0.4, 0.5) is 5.69 Å². The van der Waals surface area contributed by atoms with Gasteiger partial charge in [-0.2, -0.15) is 0 Å². The van der Waals surface area contributed by atoms with Crippen molar-refractivity contribution >= 4 is 46.7 Å². The molecule has 0 spiro atoms. The molecular weight excluding hydrogens is 394 g/mol. The number of amides is 2. The van der Waals surface area contributed by atoms with Gasteiger partial charge in [0.15, 0.2) is 0 Å². The molecule has 8 heteroatoms. The Balaban J connectivity index is 2.18. The summed E-state index contributed by atoms with van der Waals surface area (Å²) in [6.07, 6.45) is 2.81. The highest BCUT2D eigenvalue weighted by Crippen LogP contribution is 2.29. The van der Waals surface area contributed by atoms with Crippen molar-refractivity contribution < 1.29 is 14.8 Å². The quantitative estimate of drug-likeness (QED) is 0.235. The Labute approximate surface area is 173 Å². The largest absolute Gasteiger partial charge is 0.320 e. The van der Waals surface area contributed by atoms with Crippen molar-refractivity contribution in [2.24, 2.45) is 0 Å². The maximum absolute atomic E-state index is 12.5. The van der Waals surface area contributed by atoms with Crippen molar-refractivity contribution in [3.05, 3.63) is 52.2 Å². The van der Waals surface area contributed by atoms with Gasteiger partial charge >= 0.3 is 0 Å². The standard InChI is InChI=1S/C20H25N3O3S2/c1-3-23(4-2)11-13-28-17-9-7-15(8-10-19(24)22-26)14-16(17)21-20(25)18-6-5-12-27-18/h5-10,12,14,26H,3-4,11,13H2,1-2H3,(H,21,25)(H,22,24)/b10-8+. The molecule has 1 heterocycles. The van der Waals surface area contributed by atoms with Gasteiger partial charge in [0.05, 0.1) is 10.6 Å². The first-order valence-corrected chi connectivity index (χ1v) is 10.9. The molecule has 3 N–H and O–H groups in total. The summed E-state index contributed by atoms with van der Waals surface area (Å²) in [7, 11) is 0. The van der Waals surface area contributed by atoms with E-state index in [-0.39, 0.29) is 5.91 Å². The molecule has 0 aliphatic carbocycles. The monoisotopic (exact) mass is 419 g/mol. The summed E-state index contributed by atoms with van der Waals surface area (Å²) >= 11 is 3.07. The van der Waals surface area contributed by atoms with Crippen molar-refractivity contribution in [3.63, 3.8) is 0 Å². The molecule has 0 saturated carbocycles. The maximum Gasteiger partial charge on any atom is 0.267 e. The van der Waals surface area contributed by atoms with Crippen LogP contribution in [0.25, 0.3) is 6.08 Å². The van der Waals surface area contributed by atoms with Gasteiger partial charge in [-0.3, -0.25) is 14.8 Å². The summed E-state index contributed by atoms with van der Waals surface area (Å²) in [4.78, 5) is 27.7. The summed E-state index contributed by atoms with van der Waals surface area (Å²) in [6, 6.07) is 9.26. The highest BCUT2D eigenvalue weighted by atomic mass is 32.2. The van der Waals surface area contributed by atoms with Crippen molar-refractivity contribution in [1.29, 1.82) is 0 Å². The number of thiophene rings is 1. The molecule has 0 bridgehead atoms. The first-order valence-electron chi connectivity index (χ1n) is 9.03. The second-order valence-electron chi connectivity index (χ2n) is 5.87. The van der Waals surface area contributed by atoms with Crippen molar-refractivity contribution in [3.8, 4) is 0 Å². The summed E-state index contributed by atoms with van der Waals surface area (Å²) in [5.74, 6) is 0.141. The van der Waals surface area contributed by atoms with Gasteiger partial charge in [-0.25, -0.2) is 5.48 Å². The second kappa shape index (κ2) is 11.7. The zero-order valence-electron chi connectivity index (χ0n) is 16.0. The average molecular weight is 420 g/mol. The Hall–Kier alpha value is -2.13. The summed E-state index contributed by atoms with van der Waals surface area (Å²) in [5, 5.41) is 13.4. The SMILES string of the molecule is CCN(CC)CCSc1ccc(/C=C/C(=O)NO)cc1NC(=O)c1cccs1. The van der Waals surface area contributed by atoms with Crippen LogP contribution in [0.5, 0.6) is 0 Å². The molecule has 0 atom stereocenters. The van der Waals surface area contributed by atoms with Crippen LogP contribution in [0.2, 0.25) is 0 Å². The lowest BCUT2D eigenvalue weighted by Gasteiger charge is -2.18. The molecule has 0 unspecified atom stereocenters. The fraction of sp³-hybridized carbons (Fsp3) is 0.300. The molecule has 150 valence electrons. The topological polar surface area (TPSA) is 81.7 Å². The fourth-order valence-electron chi connectivity index (χ4n) is 2.50. The highest BCUT2D eigenvalue weighted by molar-refractivity contribution is 7.99. The van der Waals surface area contributed by atoms with E-state index in [0.29, 0.717) is 10.6 Å². The molecule has 0 saturated heterocycles. The Bertz CT molecular complexity index is 803. The Morgan fingerprint density at radius 2 is 2.04 bits per heavy atom. The minimum Gasteiger partial charge on any atom is -0.320 e. The molecule has 1 aromatic carbocycles. The Kier molecular flexibility index (Phi) is 9.22. The number of nitrogens with one attached hydrogen (secondary N) is 2. The molecular formula is C20H25N3O3S2. The molecule has 0 aliphatic rings. The van der Waals surface area contributed by atoms with Gasteiger partial charge in [-0.05, 0) is 48.3 Å². The molecule has 0 radical (unpaired) electrons. The maximum atomic E-state index is 12.5. The van der Waals surface area contributed by atoms with Gasteiger partial charge < -0.3 is 10.2 Å². The lowest BCUT2D eigenvalue weighted by Crippen LogP contribution is -2.25. The van der Waals surface area contributed by atoms with Crippen molar-refractivity contribution in [1.82, 2.24) is 10.4 Å². The summed E-state index contributed by atoms with van der Waals surface area (Å²) in [5.41, 5.74) is 3.01. The number of nitrogens with zero attached hydrogens (tertiary/aromatic N) is 1. The number of hydrogen-bond acceptors (Lipinski definition) is 6. The van der Waals surface area contributed by atoms with E-state index in [2.05, 4.69) is 24.1 Å². The van der Waals surface area contributed by atoms with Crippen molar-refractivity contribution in [2.45, 2.75) is 18.7 Å². The predicted molar refractivity (Wildman–Crippen MR) is 116 cm³/mol. The van der Waals surface area contributed by atoms with Crippen LogP contribution in [0, 0.1) is 0 Å². The number of hydroxylamine groups is 1. The van der Waals surface area contributed by atoms with Crippen LogP contribution in [-0.4, -0.2) is 47.3 Å². The third kappa shape index (κ3) is 6.79. The Morgan fingerprint density at radius 1 is 1.25 bits per heavy atom. The lowest BCUT2D eigenvalue weighted by molar-refractivity contribution is -0.124. The van der Waals surface area contributed by atoms with Gasteiger partial charge in [-0.1, -0.05) is 26.0 Å². The molecule has 0 aliphatic heterocycles. The number of benzene rings is 1. The van der Waals surface area contributed by atoms with Crippen LogP contribution in [-0.2, 0) is 4.79 Å². The minimum absolute atomic E-state index is 0.158. The number of thioether (sulfide) groups is 1. The first-order chi connectivity index (χ1) is 13.6. The van der Waals surface area contributed by atoms with Gasteiger partial charge in [0.2, 0.25) is 0 Å². The number of carbonyl (C=O) groups is 2. The number of rotatable bonds is 10. The molecule has 0 fully saturated rings. The highest BCUT2D eigenvalue weighted by Gasteiger charge is 2.11. The normalized spacial score (nSPS) is 11.1. The summed E-state index contributed by atoms with van der Waals surface area (Å²) in [6.45, 7) is 7.27. The summed E-state index contributed by atoms with van der Waals surface area (Å²) < 4.78 is 0. The van der Waals surface area contributed by atoms with E-state index >= 15 is 0 Å². The first kappa shape index (κ1) is 22.2. The Morgan fingerprint density at radius 3 is 2.68 bits per heavy atom. The van der Waals surface area contributed by atoms with E-state index in [1.807, 2.05) is 29.6 Å². The number of hydrogen-bond donors (Lipinski definition) is 3. The molecule has 2 rings (SSSR count). The number of anilines is 1. The number of carbonyl (C=O) groups excluding carboxylic acids is 2. The van der Waals surface area contributed by atoms with Crippen LogP contribution in [0.15, 0.2) is 46.7 Å². The van der Waals surface area contributed by atoms with Gasteiger partial charge in [0.25, 0.3) is 11.8 Å². The average Bonchev–Trinajstić information content (AvgIpc) is 3.25. The lowest BCUT2D eigenvalue weighted by atomic mass is 10.2. The van der Waals surface area contributed by atoms with E-state index in [4.69, 9.17) is 5.21 Å². The van der Waals surface area contributed by atoms with E-state index in [1.165, 1.54) is 17.4 Å². The molecule has 2 aromatic rings. The van der Waals surface area contributed by atoms with Gasteiger partial charge in [-0.15, -0.1) is 23.1 Å². The molecule has 6 nitrogen and oxygen atoms in total. The van der Waals surface area contributed by atoms with Crippen LogP contribution in [0.3, 0.4) is 0 Å². The predicted octanol–water partition coefficient (Wildman–Crippen LogP) is 3.95. The van der Waals surface area contributed by atoms with Crippen LogP contribution in [0.1, 0.15) is 29.1 Å². The second-order valence-corrected chi connectivity index (χ2v) is 7.96. The zero-order valence-corrected chi connectivity index (χ0v) is 17.6. The molecule has 28 heavy (non-hydrogen) atoms. The molecule has 2 amide bonds. The zero-order chi connectivity index (χ0) is 20.4. The smallest absolute Gasteiger partial charge is 0.267 e. The van der Waals surface area contributed by atoms with Crippen LogP contribution >= 0.6 is 23.1 Å². The fourth-order valence-corrected chi connectivity index (χ4v) is 4.12. The van der Waals surface area contributed by atoms with E-state index < -0.39 is 5.91 Å². The van der Waals surface area contributed by atoms with Gasteiger partial charge in [0, 0.05) is 23.3 Å². The minimum atomic E-state index is -0.609. The van der Waals surface area contributed by atoms with Gasteiger partial charge in [0.1, 0.15) is 0 Å². The van der Waals surface area contributed by atoms with E-state index in [9.17, 15) is 9.59 Å². The van der Waals surface area contributed by atoms with Crippen molar-refractivity contribution in [2.75, 3.05) is 30.7 Å². The van der Waals surface area contributed by atoms with E-state index in [1.54, 1.807) is 29.4 Å². The molecule has 1 aromatic heterocycles. The third-order valence-electron chi connectivity index (χ3n) is 4.09. The van der Waals surface area contributed by atoms with Crippen LogP contribution < -0.4 is 10.8 Å². The van der Waals surface area contributed by atoms with E-state index in [0.717, 1.165) is 35.8 Å². The third-order valence-corrected chi connectivity index (χ3v) is 6.02.